The van der Waals surface area contributed by atoms with E-state index in [2.05, 4.69) is 34.0 Å². The van der Waals surface area contributed by atoms with Crippen LogP contribution in [0, 0.1) is 0 Å². The number of carbonyl (C=O) groups is 1. The maximum atomic E-state index is 14.0. The zero-order valence-electron chi connectivity index (χ0n) is 26.8. The van der Waals surface area contributed by atoms with Crippen molar-refractivity contribution in [3.8, 4) is 16.5 Å². The summed E-state index contributed by atoms with van der Waals surface area (Å²) in [5, 5.41) is 0.655. The second kappa shape index (κ2) is 16.6. The van der Waals surface area contributed by atoms with Crippen molar-refractivity contribution < 1.29 is 36.9 Å². The fraction of sp³-hybridized carbons (Fsp3) is 0.455. The largest absolute Gasteiger partial charge is 0.491 e. The van der Waals surface area contributed by atoms with E-state index in [9.17, 15) is 18.0 Å². The minimum Gasteiger partial charge on any atom is -0.491 e. The lowest BCUT2D eigenvalue weighted by molar-refractivity contribution is -0.138. The number of ether oxygens (including phenoxy) is 4. The minimum atomic E-state index is -4.61. The number of hydrogen-bond acceptors (Lipinski definition) is 10. The highest BCUT2D eigenvalue weighted by atomic mass is 32.1. The van der Waals surface area contributed by atoms with E-state index in [4.69, 9.17) is 30.4 Å². The van der Waals surface area contributed by atoms with Gasteiger partial charge in [-0.25, -0.2) is 4.98 Å². The number of hydrogen-bond donors (Lipinski definition) is 2. The first-order valence-corrected chi connectivity index (χ1v) is 16.6. The number of alkyl halides is 3. The van der Waals surface area contributed by atoms with Crippen molar-refractivity contribution in [2.75, 3.05) is 79.4 Å². The summed E-state index contributed by atoms with van der Waals surface area (Å²) in [5.41, 5.74) is 13.0. The van der Waals surface area contributed by atoms with Crippen LogP contribution in [0.15, 0.2) is 48.8 Å². The first-order chi connectivity index (χ1) is 23.1. The Balaban J connectivity index is 1.23. The second-order valence-corrected chi connectivity index (χ2v) is 12.5. The maximum absolute atomic E-state index is 14.0. The zero-order chi connectivity index (χ0) is 34.1. The number of amides is 1. The molecule has 0 unspecified atom stereocenters. The Morgan fingerprint density at radius 2 is 1.69 bits per heavy atom. The molecule has 4 aromatic rings. The number of benzene rings is 2. The Hall–Kier alpha value is -3.73. The first-order valence-electron chi connectivity index (χ1n) is 15.7. The molecule has 1 fully saturated rings. The Morgan fingerprint density at radius 1 is 0.938 bits per heavy atom. The van der Waals surface area contributed by atoms with Crippen molar-refractivity contribution in [2.24, 2.45) is 11.5 Å². The second-order valence-electron chi connectivity index (χ2n) is 11.4. The molecule has 5 rings (SSSR count). The van der Waals surface area contributed by atoms with Crippen LogP contribution in [0.25, 0.3) is 16.0 Å². The number of nitrogens with two attached hydrogens (primary N) is 2. The highest BCUT2D eigenvalue weighted by Crippen LogP contribution is 2.36. The van der Waals surface area contributed by atoms with Gasteiger partial charge in [-0.15, -0.1) is 11.3 Å². The molecule has 0 radical (unpaired) electrons. The monoisotopic (exact) mass is 690 g/mol. The number of rotatable bonds is 17. The molecule has 2 aromatic carbocycles. The zero-order valence-corrected chi connectivity index (χ0v) is 27.7. The third kappa shape index (κ3) is 9.45. The number of nitrogens with zero attached hydrogens (tertiary/aromatic N) is 4. The van der Waals surface area contributed by atoms with Crippen LogP contribution in [0.1, 0.15) is 26.4 Å². The Bertz CT molecular complexity index is 1650. The van der Waals surface area contributed by atoms with E-state index >= 15 is 0 Å². The lowest BCUT2D eigenvalue weighted by atomic mass is 10.0. The molecule has 1 aliphatic heterocycles. The SMILES string of the molecule is CN1CCN(Cc2ccc3ncn(-c4cc(OCCc5ccc(OCCOCCOCCN)cc5C(F)(F)F)c(C(N)=O)s4)c3c2)CC1. The van der Waals surface area contributed by atoms with Gasteiger partial charge in [-0.05, 0) is 42.4 Å². The molecule has 48 heavy (non-hydrogen) atoms. The summed E-state index contributed by atoms with van der Waals surface area (Å²) in [6.45, 7) is 6.55. The number of likely N-dealkylation sites (N-methyl/N-ethyl adjacent to an activating group) is 1. The maximum Gasteiger partial charge on any atom is 0.416 e. The number of aromatic nitrogens is 2. The van der Waals surface area contributed by atoms with Crippen LogP contribution < -0.4 is 20.9 Å². The predicted octanol–water partition coefficient (Wildman–Crippen LogP) is 3.94. The van der Waals surface area contributed by atoms with Crippen molar-refractivity contribution in [3.05, 3.63) is 70.4 Å². The van der Waals surface area contributed by atoms with Gasteiger partial charge < -0.3 is 35.3 Å². The molecule has 0 bridgehead atoms. The van der Waals surface area contributed by atoms with E-state index in [1.807, 2.05) is 10.6 Å². The van der Waals surface area contributed by atoms with Crippen molar-refractivity contribution >= 4 is 28.3 Å². The van der Waals surface area contributed by atoms with Crippen LogP contribution >= 0.6 is 11.3 Å². The molecular formula is C33H41F3N6O5S. The third-order valence-electron chi connectivity index (χ3n) is 7.91. The van der Waals surface area contributed by atoms with Gasteiger partial charge in [-0.2, -0.15) is 13.2 Å². The summed E-state index contributed by atoms with van der Waals surface area (Å²) in [5.74, 6) is -0.404. The van der Waals surface area contributed by atoms with Gasteiger partial charge in [-0.1, -0.05) is 12.1 Å². The number of primary amides is 1. The molecule has 1 amide bonds. The Labute approximate surface area is 281 Å². The van der Waals surface area contributed by atoms with Crippen molar-refractivity contribution in [1.82, 2.24) is 19.4 Å². The molecule has 0 saturated carbocycles. The van der Waals surface area contributed by atoms with E-state index in [1.54, 1.807) is 12.4 Å². The van der Waals surface area contributed by atoms with Gasteiger partial charge in [-0.3, -0.25) is 14.3 Å². The Morgan fingerprint density at radius 3 is 2.42 bits per heavy atom. The van der Waals surface area contributed by atoms with Crippen molar-refractivity contribution in [2.45, 2.75) is 19.1 Å². The molecule has 260 valence electrons. The molecule has 15 heteroatoms. The van der Waals surface area contributed by atoms with E-state index in [1.165, 1.54) is 12.1 Å². The summed E-state index contributed by atoms with van der Waals surface area (Å²) in [7, 11) is 2.12. The quantitative estimate of drug-likeness (QED) is 0.158. The molecular weight excluding hydrogens is 649 g/mol. The number of thiophene rings is 1. The molecule has 1 aliphatic rings. The number of piperazine rings is 1. The summed E-state index contributed by atoms with van der Waals surface area (Å²) in [6, 6.07) is 11.6. The van der Waals surface area contributed by atoms with Gasteiger partial charge in [0.1, 0.15) is 34.3 Å². The minimum absolute atomic E-state index is 0.0349. The van der Waals surface area contributed by atoms with Crippen LogP contribution in [0.5, 0.6) is 11.5 Å². The molecule has 1 saturated heterocycles. The van der Waals surface area contributed by atoms with E-state index in [0.717, 1.165) is 66.7 Å². The van der Waals surface area contributed by atoms with Crippen molar-refractivity contribution in [1.29, 1.82) is 0 Å². The van der Waals surface area contributed by atoms with E-state index in [-0.39, 0.29) is 48.2 Å². The molecule has 4 N–H and O–H groups in total. The number of fused-ring (bicyclic) bond motifs is 1. The lowest BCUT2D eigenvalue weighted by Crippen LogP contribution is -2.43. The average Bonchev–Trinajstić information content (AvgIpc) is 3.67. The number of imidazole rings is 1. The summed E-state index contributed by atoms with van der Waals surface area (Å²) < 4.78 is 65.7. The lowest BCUT2D eigenvalue weighted by Gasteiger charge is -2.32. The molecule has 0 atom stereocenters. The van der Waals surface area contributed by atoms with Crippen LogP contribution in [0.2, 0.25) is 0 Å². The first kappa shape index (κ1) is 35.6. The summed E-state index contributed by atoms with van der Waals surface area (Å²) in [4.78, 5) is 21.8. The van der Waals surface area contributed by atoms with Crippen LogP contribution in [0.3, 0.4) is 0 Å². The van der Waals surface area contributed by atoms with Gasteiger partial charge in [0, 0.05) is 51.8 Å². The van der Waals surface area contributed by atoms with Gasteiger partial charge >= 0.3 is 6.18 Å². The molecule has 0 spiro atoms. The highest BCUT2D eigenvalue weighted by Gasteiger charge is 2.34. The van der Waals surface area contributed by atoms with Gasteiger partial charge in [0.05, 0.1) is 49.6 Å². The van der Waals surface area contributed by atoms with Crippen molar-refractivity contribution in [3.63, 3.8) is 0 Å². The standard InChI is InChI=1S/C33H41F3N6O5S/c1-40-8-10-41(11-9-40)21-23-2-5-27-28(18-23)42(22-39-27)30-20-29(31(48-30)32(38)43)47-12-6-24-3-4-25(19-26(24)33(34,35)36)46-17-16-45-15-14-44-13-7-37/h2-5,18-20,22H,6-17,21,37H2,1H3,(H2,38,43). The highest BCUT2D eigenvalue weighted by molar-refractivity contribution is 7.16. The summed E-state index contributed by atoms with van der Waals surface area (Å²) >= 11 is 1.14. The van der Waals surface area contributed by atoms with Gasteiger partial charge in [0.25, 0.3) is 5.91 Å². The van der Waals surface area contributed by atoms with Crippen LogP contribution in [-0.2, 0) is 28.6 Å². The number of carbonyl (C=O) groups excluding carboxylic acids is 1. The molecule has 2 aromatic heterocycles. The molecule has 0 aliphatic carbocycles. The number of halogens is 3. The molecule has 11 nitrogen and oxygen atoms in total. The van der Waals surface area contributed by atoms with Crippen LogP contribution in [-0.4, -0.2) is 105 Å². The predicted molar refractivity (Wildman–Crippen MR) is 177 cm³/mol. The fourth-order valence-electron chi connectivity index (χ4n) is 5.37. The molecule has 3 heterocycles. The Kier molecular flexibility index (Phi) is 12.3. The van der Waals surface area contributed by atoms with Gasteiger partial charge in [0.15, 0.2) is 0 Å². The smallest absolute Gasteiger partial charge is 0.416 e. The topological polar surface area (TPSA) is 130 Å². The average molecular weight is 691 g/mol. The van der Waals surface area contributed by atoms with E-state index in [0.29, 0.717) is 31.4 Å². The van der Waals surface area contributed by atoms with E-state index < -0.39 is 17.6 Å². The normalized spacial score (nSPS) is 14.5. The van der Waals surface area contributed by atoms with Crippen LogP contribution in [0.4, 0.5) is 13.2 Å². The summed E-state index contributed by atoms with van der Waals surface area (Å²) in [6.07, 6.45) is -2.99. The fourth-order valence-corrected chi connectivity index (χ4v) is 6.31. The van der Waals surface area contributed by atoms with Gasteiger partial charge in [0.2, 0.25) is 0 Å². The third-order valence-corrected chi connectivity index (χ3v) is 9.04.